The first-order chi connectivity index (χ1) is 11.1. The molecule has 0 rings (SSSR count). The molecule has 2 atom stereocenters. The Morgan fingerprint density at radius 3 is 1.80 bits per heavy atom. The summed E-state index contributed by atoms with van der Waals surface area (Å²) in [7, 11) is 0. The minimum Gasteiger partial charge on any atom is -0.393 e. The zero-order valence-electron chi connectivity index (χ0n) is 17.4. The summed E-state index contributed by atoms with van der Waals surface area (Å²) in [6, 6.07) is 0. The highest BCUT2D eigenvalue weighted by molar-refractivity contribution is 15.0. The van der Waals surface area contributed by atoms with Crippen LogP contribution in [0.4, 0.5) is 0 Å². The smallest absolute Gasteiger partial charge is 0.157 e. The summed E-state index contributed by atoms with van der Waals surface area (Å²) in [5.41, 5.74) is 0.918. The third kappa shape index (κ3) is 25.6. The lowest BCUT2D eigenvalue weighted by Crippen LogP contribution is -2.16. The van der Waals surface area contributed by atoms with Gasteiger partial charge in [-0.15, -0.1) is 24.0 Å². The van der Waals surface area contributed by atoms with E-state index in [4.69, 9.17) is 0 Å². The van der Waals surface area contributed by atoms with Crippen molar-refractivity contribution in [1.29, 1.82) is 0 Å². The van der Waals surface area contributed by atoms with Gasteiger partial charge in [-0.1, -0.05) is 61.0 Å². The Morgan fingerprint density at radius 2 is 1.48 bits per heavy atom. The van der Waals surface area contributed by atoms with Crippen LogP contribution in [0, 0.1) is 17.8 Å². The highest BCUT2D eigenvalue weighted by Gasteiger charge is 2.11. The molecule has 0 spiro atoms. The van der Waals surface area contributed by atoms with Gasteiger partial charge in [0, 0.05) is 43.7 Å². The summed E-state index contributed by atoms with van der Waals surface area (Å²) < 4.78 is 0. The number of aliphatic hydroxyl groups is 1. The van der Waals surface area contributed by atoms with E-state index in [0.717, 1.165) is 30.8 Å². The van der Waals surface area contributed by atoms with E-state index in [1.807, 2.05) is 26.8 Å². The van der Waals surface area contributed by atoms with Crippen LogP contribution in [-0.2, 0) is 4.79 Å². The molecule has 0 bridgehead atoms. The van der Waals surface area contributed by atoms with Gasteiger partial charge in [0.15, 0.2) is 5.78 Å². The van der Waals surface area contributed by atoms with Crippen molar-refractivity contribution in [2.24, 2.45) is 17.8 Å². The van der Waals surface area contributed by atoms with E-state index in [2.05, 4.69) is 71.9 Å². The van der Waals surface area contributed by atoms with Gasteiger partial charge in [0.1, 0.15) is 0 Å². The molecule has 0 saturated heterocycles. The first kappa shape index (κ1) is 34.1. The van der Waals surface area contributed by atoms with Crippen LogP contribution < -0.4 is 0 Å². The van der Waals surface area contributed by atoms with Crippen molar-refractivity contribution < 1.29 is 9.90 Å². The van der Waals surface area contributed by atoms with Crippen molar-refractivity contribution in [3.63, 3.8) is 0 Å². The van der Waals surface area contributed by atoms with Crippen LogP contribution in [0.3, 0.4) is 0 Å². The largest absolute Gasteiger partial charge is 0.393 e. The molecule has 1 N–H and O–H groups in total. The minimum absolute atomic E-state index is 0. The van der Waals surface area contributed by atoms with Gasteiger partial charge in [-0.3, -0.25) is 4.79 Å². The van der Waals surface area contributed by atoms with E-state index in [1.165, 1.54) is 6.42 Å². The van der Waals surface area contributed by atoms with Crippen molar-refractivity contribution in [3.05, 3.63) is 11.6 Å². The van der Waals surface area contributed by atoms with Gasteiger partial charge in [-0.05, 0) is 49.5 Å². The molecule has 0 aliphatic carbocycles. The zero-order valence-corrected chi connectivity index (χ0v) is 24.1. The van der Waals surface area contributed by atoms with E-state index in [-0.39, 0.29) is 35.9 Å². The third-order valence-corrected chi connectivity index (χ3v) is 3.93. The highest BCUT2D eigenvalue weighted by Crippen LogP contribution is 2.16. The van der Waals surface area contributed by atoms with Crippen LogP contribution in [-0.4, -0.2) is 17.0 Å². The van der Waals surface area contributed by atoms with Gasteiger partial charge < -0.3 is 5.11 Å². The third-order valence-electron chi connectivity index (χ3n) is 3.93. The van der Waals surface area contributed by atoms with Crippen LogP contribution in [0.25, 0.3) is 0 Å². The van der Waals surface area contributed by atoms with Crippen molar-refractivity contribution >= 4 is 67.0 Å². The topological polar surface area (TPSA) is 37.3 Å². The molecule has 0 aliphatic rings. The van der Waals surface area contributed by atoms with Crippen molar-refractivity contribution in [1.82, 2.24) is 0 Å². The Morgan fingerprint density at radius 1 is 1.00 bits per heavy atom. The van der Waals surface area contributed by atoms with E-state index in [9.17, 15) is 9.90 Å². The first-order valence-corrected chi connectivity index (χ1v) is 15.5. The Bertz CT molecular complexity index is 316. The lowest BCUT2D eigenvalue weighted by molar-refractivity contribution is -0.115. The fourth-order valence-corrected chi connectivity index (χ4v) is 2.00. The maximum atomic E-state index is 11.1. The minimum atomic E-state index is -0.0891. The summed E-state index contributed by atoms with van der Waals surface area (Å²) in [6.07, 6.45) is 6.87. The number of rotatable bonds is 9. The molecule has 25 heavy (non-hydrogen) atoms. The Labute approximate surface area is 198 Å². The molecule has 154 valence electrons. The number of carbonyl (C=O) groups excluding carboxylic acids is 1. The van der Waals surface area contributed by atoms with Gasteiger partial charge in [-0.2, -0.15) is 0 Å². The van der Waals surface area contributed by atoms with Crippen molar-refractivity contribution in [3.8, 4) is 0 Å². The predicted octanol–water partition coefficient (Wildman–Crippen LogP) is 8.18. The molecule has 0 radical (unpaired) electrons. The number of allylic oxidation sites excluding steroid dienone is 2. The number of Topliss-reactive ketones (excluding diaryl/α,β-unsaturated/α-hetero) is 1. The molecule has 2 nitrogen and oxygen atoms in total. The summed E-state index contributed by atoms with van der Waals surface area (Å²) in [5.74, 6) is 2.16. The Hall–Kier alpha value is 1.56. The molecule has 0 saturated carbocycles. The molecular weight excluding hydrogens is 653 g/mol. The van der Waals surface area contributed by atoms with Gasteiger partial charge in [0.25, 0.3) is 0 Å². The van der Waals surface area contributed by atoms with E-state index in [0.29, 0.717) is 18.3 Å². The summed E-state index contributed by atoms with van der Waals surface area (Å²) in [5, 5.41) is 9.44. The summed E-state index contributed by atoms with van der Waals surface area (Å²) >= 11 is 4.24. The van der Waals surface area contributed by atoms with Gasteiger partial charge in [-0.25, -0.2) is 0 Å². The second-order valence-corrected chi connectivity index (χ2v) is 7.22. The average molecular weight is 694 g/mol. The number of ketones is 1. The van der Waals surface area contributed by atoms with Crippen LogP contribution in [0.15, 0.2) is 11.6 Å². The molecule has 0 aromatic carbocycles. The normalized spacial score (nSPS) is 13.1. The molecule has 5 heteroatoms. The second-order valence-electron chi connectivity index (χ2n) is 7.22. The Balaban J connectivity index is -0.000000155. The van der Waals surface area contributed by atoms with Crippen LogP contribution >= 0.6 is 61.2 Å². The fourth-order valence-electron chi connectivity index (χ4n) is 2.00. The molecule has 2 unspecified atom stereocenters. The molecule has 0 aliphatic heterocycles. The zero-order chi connectivity index (χ0) is 19.7. The van der Waals surface area contributed by atoms with Crippen LogP contribution in [0.5, 0.6) is 0 Å². The number of carbonyl (C=O) groups is 1. The number of hydrogen-bond acceptors (Lipinski definition) is 2. The van der Waals surface area contributed by atoms with Crippen LogP contribution in [0.1, 0.15) is 87.5 Å². The van der Waals surface area contributed by atoms with Crippen molar-refractivity contribution in [2.75, 3.05) is 0 Å². The maximum Gasteiger partial charge on any atom is 0.157 e. The molecule has 0 aromatic heterocycles. The number of halogens is 3. The second kappa shape index (κ2) is 23.6. The van der Waals surface area contributed by atoms with Crippen molar-refractivity contribution in [2.45, 2.75) is 93.6 Å². The summed E-state index contributed by atoms with van der Waals surface area (Å²) in [6.45, 7) is 16.7. The lowest BCUT2D eigenvalue weighted by Gasteiger charge is -2.17. The van der Waals surface area contributed by atoms with E-state index < -0.39 is 0 Å². The Kier molecular flexibility index (Phi) is 32.2. The number of aliphatic hydroxyl groups excluding tert-OH is 1. The maximum absolute atomic E-state index is 11.1. The van der Waals surface area contributed by atoms with Gasteiger partial charge in [0.2, 0.25) is 0 Å². The average Bonchev–Trinajstić information content (AvgIpc) is 2.58. The molecular formula is C20H41I3O2. The lowest BCUT2D eigenvalue weighted by atomic mass is 9.94. The fraction of sp³-hybridized carbons (Fsp3) is 0.850. The monoisotopic (exact) mass is 694 g/mol. The van der Waals surface area contributed by atoms with E-state index in [1.54, 1.807) is 0 Å². The SMILES string of the molecule is CCC(=O)/C(C)=C/CC(C)C.CCC(O)C(C)CCC(C)C.I.II. The first-order valence-electron chi connectivity index (χ1n) is 9.17. The van der Waals surface area contributed by atoms with Gasteiger partial charge in [0.05, 0.1) is 6.10 Å². The standard InChI is InChI=1S/C10H22O.C10H18O.I2.HI/c2*1-5-10(11)9(4)7-6-8(2)3;1-2;/h8-11H,5-7H2,1-4H3;7-8H,5-6H2,1-4H3;;1H/b;9-7+;;. The summed E-state index contributed by atoms with van der Waals surface area (Å²) in [4.78, 5) is 11.1. The quantitative estimate of drug-likeness (QED) is 0.196. The molecule has 0 heterocycles. The van der Waals surface area contributed by atoms with E-state index >= 15 is 0 Å². The number of hydrogen-bond donors (Lipinski definition) is 1. The molecule has 0 fully saturated rings. The van der Waals surface area contributed by atoms with Gasteiger partial charge >= 0.3 is 0 Å². The van der Waals surface area contributed by atoms with Crippen LogP contribution in [0.2, 0.25) is 0 Å². The highest BCUT2D eigenvalue weighted by atomic mass is 128. The molecule has 0 aromatic rings. The molecule has 0 amide bonds. The predicted molar refractivity (Wildman–Crippen MR) is 141 cm³/mol.